The van der Waals surface area contributed by atoms with Gasteiger partial charge in [0.25, 0.3) is 0 Å². The first-order valence-electron chi connectivity index (χ1n) is 6.49. The van der Waals surface area contributed by atoms with E-state index in [1.54, 1.807) is 7.11 Å². The molecule has 0 spiro atoms. The smallest absolute Gasteiger partial charge is 0.161 e. The number of rotatable bonds is 5. The molecule has 0 fully saturated rings. The molecule has 4 nitrogen and oxygen atoms in total. The van der Waals surface area contributed by atoms with Gasteiger partial charge in [0, 0.05) is 12.7 Å². The Balaban J connectivity index is 2.33. The largest absolute Gasteiger partial charge is 0.491 e. The maximum Gasteiger partial charge on any atom is 0.161 e. The molecule has 0 N–H and O–H groups in total. The Hall–Kier alpha value is -1.17. The Kier molecular flexibility index (Phi) is 5.56. The highest BCUT2D eigenvalue weighted by Crippen LogP contribution is 2.28. The summed E-state index contributed by atoms with van der Waals surface area (Å²) in [4.78, 5) is 8.76. The number of halogens is 2. The van der Waals surface area contributed by atoms with E-state index in [-0.39, 0.29) is 6.10 Å². The standard InChI is InChI=1S/C15H16BrClN2O2/c1-9(2)21-11-6-4-10(5-7-11)15-18-12(8-20-3)13(16)14(17)19-15/h4-7,9H,8H2,1-3H3. The van der Waals surface area contributed by atoms with E-state index in [1.165, 1.54) is 0 Å². The molecule has 112 valence electrons. The molecule has 21 heavy (non-hydrogen) atoms. The molecule has 0 aliphatic rings. The van der Waals surface area contributed by atoms with Crippen LogP contribution in [0.15, 0.2) is 28.7 Å². The molecule has 0 saturated heterocycles. The minimum atomic E-state index is 0.141. The first-order valence-corrected chi connectivity index (χ1v) is 7.66. The van der Waals surface area contributed by atoms with Crippen LogP contribution >= 0.6 is 27.5 Å². The second-order valence-corrected chi connectivity index (χ2v) is 5.87. The van der Waals surface area contributed by atoms with Crippen LogP contribution in [0.5, 0.6) is 5.75 Å². The fourth-order valence-electron chi connectivity index (χ4n) is 1.78. The van der Waals surface area contributed by atoms with Crippen LogP contribution in [0, 0.1) is 0 Å². The fourth-order valence-corrected chi connectivity index (χ4v) is 2.26. The Morgan fingerprint density at radius 3 is 2.43 bits per heavy atom. The van der Waals surface area contributed by atoms with Crippen LogP contribution < -0.4 is 4.74 Å². The third-order valence-electron chi connectivity index (χ3n) is 2.64. The van der Waals surface area contributed by atoms with Crippen LogP contribution in [0.1, 0.15) is 19.5 Å². The highest BCUT2D eigenvalue weighted by Gasteiger charge is 2.12. The van der Waals surface area contributed by atoms with E-state index in [0.29, 0.717) is 22.1 Å². The van der Waals surface area contributed by atoms with E-state index in [4.69, 9.17) is 21.1 Å². The van der Waals surface area contributed by atoms with E-state index in [2.05, 4.69) is 25.9 Å². The first-order chi connectivity index (χ1) is 10.0. The lowest BCUT2D eigenvalue weighted by Gasteiger charge is -2.11. The zero-order chi connectivity index (χ0) is 15.4. The highest BCUT2D eigenvalue weighted by atomic mass is 79.9. The Labute approximate surface area is 137 Å². The first kappa shape index (κ1) is 16.2. The van der Waals surface area contributed by atoms with Crippen LogP contribution in [0.25, 0.3) is 11.4 Å². The van der Waals surface area contributed by atoms with Crippen LogP contribution in [0.4, 0.5) is 0 Å². The second kappa shape index (κ2) is 7.20. The number of nitrogens with zero attached hydrogens (tertiary/aromatic N) is 2. The summed E-state index contributed by atoms with van der Waals surface area (Å²) in [7, 11) is 1.61. The van der Waals surface area contributed by atoms with Crippen LogP contribution in [0.3, 0.4) is 0 Å². The summed E-state index contributed by atoms with van der Waals surface area (Å²) in [5.74, 6) is 1.38. The number of ether oxygens (including phenoxy) is 2. The molecule has 0 aliphatic heterocycles. The summed E-state index contributed by atoms with van der Waals surface area (Å²) in [6.45, 7) is 4.34. The molecule has 1 aromatic carbocycles. The van der Waals surface area contributed by atoms with E-state index in [9.17, 15) is 0 Å². The monoisotopic (exact) mass is 370 g/mol. The van der Waals surface area contributed by atoms with Crippen LogP contribution in [0.2, 0.25) is 5.15 Å². The van der Waals surface area contributed by atoms with Gasteiger partial charge in [-0.2, -0.15) is 0 Å². The quantitative estimate of drug-likeness (QED) is 0.726. The van der Waals surface area contributed by atoms with Crippen molar-refractivity contribution in [1.82, 2.24) is 9.97 Å². The summed E-state index contributed by atoms with van der Waals surface area (Å²) >= 11 is 9.50. The predicted octanol–water partition coefficient (Wildman–Crippen LogP) is 4.49. The molecule has 1 aromatic heterocycles. The number of aromatic nitrogens is 2. The second-order valence-electron chi connectivity index (χ2n) is 4.72. The van der Waals surface area contributed by atoms with Crippen LogP contribution in [-0.4, -0.2) is 23.2 Å². The van der Waals surface area contributed by atoms with Crippen molar-refractivity contribution in [2.75, 3.05) is 7.11 Å². The van der Waals surface area contributed by atoms with Gasteiger partial charge in [0.2, 0.25) is 0 Å². The topological polar surface area (TPSA) is 44.2 Å². The molecule has 0 unspecified atom stereocenters. The van der Waals surface area contributed by atoms with Gasteiger partial charge < -0.3 is 9.47 Å². The maximum atomic E-state index is 6.13. The van der Waals surface area contributed by atoms with Gasteiger partial charge in [0.1, 0.15) is 10.9 Å². The Morgan fingerprint density at radius 2 is 1.86 bits per heavy atom. The molecule has 2 rings (SSSR count). The highest BCUT2D eigenvalue weighted by molar-refractivity contribution is 9.10. The number of hydrogen-bond acceptors (Lipinski definition) is 4. The minimum absolute atomic E-state index is 0.141. The zero-order valence-electron chi connectivity index (χ0n) is 12.1. The molecule has 6 heteroatoms. The number of benzene rings is 1. The van der Waals surface area contributed by atoms with Crippen molar-refractivity contribution in [2.24, 2.45) is 0 Å². The number of methoxy groups -OCH3 is 1. The molecule has 0 amide bonds. The summed E-state index contributed by atoms with van der Waals surface area (Å²) in [6, 6.07) is 7.61. The van der Waals surface area contributed by atoms with Crippen molar-refractivity contribution in [2.45, 2.75) is 26.6 Å². The molecule has 0 bridgehead atoms. The summed E-state index contributed by atoms with van der Waals surface area (Å²) < 4.78 is 11.4. The Bertz CT molecular complexity index is 618. The van der Waals surface area contributed by atoms with Gasteiger partial charge in [0.15, 0.2) is 5.82 Å². The molecular formula is C15H16BrClN2O2. The van der Waals surface area contributed by atoms with Crippen molar-refractivity contribution in [3.8, 4) is 17.1 Å². The van der Waals surface area contributed by atoms with Crippen molar-refractivity contribution in [3.05, 3.63) is 39.6 Å². The molecule has 0 saturated carbocycles. The van der Waals surface area contributed by atoms with Crippen molar-refractivity contribution in [3.63, 3.8) is 0 Å². The summed E-state index contributed by atoms with van der Waals surface area (Å²) in [6.07, 6.45) is 0.141. The third-order valence-corrected chi connectivity index (χ3v) is 3.98. The van der Waals surface area contributed by atoms with E-state index in [0.717, 1.165) is 17.0 Å². The van der Waals surface area contributed by atoms with Gasteiger partial charge in [-0.15, -0.1) is 0 Å². The molecule has 1 heterocycles. The lowest BCUT2D eigenvalue weighted by molar-refractivity contribution is 0.181. The number of hydrogen-bond donors (Lipinski definition) is 0. The Morgan fingerprint density at radius 1 is 1.19 bits per heavy atom. The van der Waals surface area contributed by atoms with Gasteiger partial charge in [0.05, 0.1) is 22.9 Å². The zero-order valence-corrected chi connectivity index (χ0v) is 14.4. The van der Waals surface area contributed by atoms with Gasteiger partial charge >= 0.3 is 0 Å². The van der Waals surface area contributed by atoms with E-state index < -0.39 is 0 Å². The minimum Gasteiger partial charge on any atom is -0.491 e. The average molecular weight is 372 g/mol. The van der Waals surface area contributed by atoms with Crippen molar-refractivity contribution >= 4 is 27.5 Å². The summed E-state index contributed by atoms with van der Waals surface area (Å²) in [5.41, 5.74) is 1.59. The predicted molar refractivity (Wildman–Crippen MR) is 86.7 cm³/mol. The van der Waals surface area contributed by atoms with Crippen molar-refractivity contribution in [1.29, 1.82) is 0 Å². The molecule has 0 aliphatic carbocycles. The average Bonchev–Trinajstić information content (AvgIpc) is 2.44. The summed E-state index contributed by atoms with van der Waals surface area (Å²) in [5, 5.41) is 0.370. The molecule has 0 radical (unpaired) electrons. The molecule has 0 atom stereocenters. The molecular weight excluding hydrogens is 356 g/mol. The third kappa shape index (κ3) is 4.15. The fraction of sp³-hybridized carbons (Fsp3) is 0.333. The van der Waals surface area contributed by atoms with E-state index >= 15 is 0 Å². The maximum absolute atomic E-state index is 6.13. The van der Waals surface area contributed by atoms with Crippen LogP contribution in [-0.2, 0) is 11.3 Å². The molecule has 2 aromatic rings. The SMILES string of the molecule is COCc1nc(-c2ccc(OC(C)C)cc2)nc(Cl)c1Br. The van der Waals surface area contributed by atoms with Crippen molar-refractivity contribution < 1.29 is 9.47 Å². The van der Waals surface area contributed by atoms with E-state index in [1.807, 2.05) is 38.1 Å². The van der Waals surface area contributed by atoms with Gasteiger partial charge in [-0.25, -0.2) is 9.97 Å². The lowest BCUT2D eigenvalue weighted by Crippen LogP contribution is -2.05. The van der Waals surface area contributed by atoms with Gasteiger partial charge in [-0.3, -0.25) is 0 Å². The lowest BCUT2D eigenvalue weighted by atomic mass is 10.2. The normalized spacial score (nSPS) is 11.0. The van der Waals surface area contributed by atoms with Gasteiger partial charge in [-0.1, -0.05) is 11.6 Å². The van der Waals surface area contributed by atoms with Gasteiger partial charge in [-0.05, 0) is 54.0 Å².